The van der Waals surface area contributed by atoms with Gasteiger partial charge in [0.05, 0.1) is 11.4 Å². The summed E-state index contributed by atoms with van der Waals surface area (Å²) < 4.78 is 26.6. The topological polar surface area (TPSA) is 44.5 Å². The van der Waals surface area contributed by atoms with Crippen LogP contribution in [0, 0.1) is 16.5 Å². The van der Waals surface area contributed by atoms with Crippen molar-refractivity contribution in [3.05, 3.63) is 59.1 Å². The highest BCUT2D eigenvalue weighted by molar-refractivity contribution is 7.71. The third-order valence-corrected chi connectivity index (χ3v) is 3.08. The minimum Gasteiger partial charge on any atom is -0.330 e. The van der Waals surface area contributed by atoms with Crippen molar-refractivity contribution in [3.8, 4) is 22.5 Å². The number of benzene rings is 1. The van der Waals surface area contributed by atoms with E-state index >= 15 is 0 Å². The van der Waals surface area contributed by atoms with E-state index in [4.69, 9.17) is 12.2 Å². The number of hydrogen-bond donors (Lipinski definition) is 2. The maximum atomic E-state index is 13.2. The first-order valence-electron chi connectivity index (χ1n) is 5.83. The normalized spacial score (nSPS) is 10.7. The van der Waals surface area contributed by atoms with E-state index < -0.39 is 5.95 Å². The number of nitrogens with one attached hydrogen (secondary N) is 2. The number of H-pyrrole nitrogens is 2. The lowest BCUT2D eigenvalue weighted by Crippen LogP contribution is -1.87. The Morgan fingerprint density at radius 2 is 1.55 bits per heavy atom. The maximum Gasteiger partial charge on any atom is 0.213 e. The molecule has 100 valence electrons. The highest BCUT2D eigenvalue weighted by atomic mass is 32.1. The summed E-state index contributed by atoms with van der Waals surface area (Å²) >= 11 is 5.08. The molecule has 0 aliphatic heterocycles. The second-order valence-electron chi connectivity index (χ2n) is 4.20. The van der Waals surface area contributed by atoms with Gasteiger partial charge in [0.1, 0.15) is 5.82 Å². The number of aromatic amines is 2. The second-order valence-corrected chi connectivity index (χ2v) is 4.61. The molecule has 0 spiro atoms. The van der Waals surface area contributed by atoms with E-state index in [0.29, 0.717) is 21.7 Å². The summed E-state index contributed by atoms with van der Waals surface area (Å²) in [6.45, 7) is 0. The fourth-order valence-electron chi connectivity index (χ4n) is 1.99. The molecule has 6 heteroatoms. The Bertz CT molecular complexity index is 806. The zero-order valence-electron chi connectivity index (χ0n) is 10.2. The number of nitrogens with zero attached hydrogens (tertiary/aromatic N) is 1. The van der Waals surface area contributed by atoms with Crippen molar-refractivity contribution in [3.63, 3.8) is 0 Å². The van der Waals surface area contributed by atoms with Crippen LogP contribution in [0.15, 0.2) is 42.6 Å². The van der Waals surface area contributed by atoms with Gasteiger partial charge in [-0.05, 0) is 42.5 Å². The highest BCUT2D eigenvalue weighted by Gasteiger charge is 2.11. The fraction of sp³-hybridized carbons (Fsp3) is 0. The SMILES string of the molecule is Fc1ccc(-c2[nH]c(=S)[nH]c2-c2ccnc(F)c2)cc1. The van der Waals surface area contributed by atoms with Crippen molar-refractivity contribution in [2.45, 2.75) is 0 Å². The molecule has 3 nitrogen and oxygen atoms in total. The van der Waals surface area contributed by atoms with Gasteiger partial charge >= 0.3 is 0 Å². The molecule has 2 heterocycles. The molecule has 0 atom stereocenters. The lowest BCUT2D eigenvalue weighted by atomic mass is 10.1. The van der Waals surface area contributed by atoms with Crippen molar-refractivity contribution in [2.75, 3.05) is 0 Å². The standard InChI is InChI=1S/C14H9F2N3S/c15-10-3-1-8(2-4-10)12-13(19-14(20)18-12)9-5-6-17-11(16)7-9/h1-7H,(H2,18,19,20). The zero-order chi connectivity index (χ0) is 14.1. The first kappa shape index (κ1) is 12.7. The minimum absolute atomic E-state index is 0.320. The summed E-state index contributed by atoms with van der Waals surface area (Å²) in [6.07, 6.45) is 1.38. The quantitative estimate of drug-likeness (QED) is 0.551. The van der Waals surface area contributed by atoms with Crippen LogP contribution in [0.5, 0.6) is 0 Å². The molecule has 0 unspecified atom stereocenters. The molecule has 3 rings (SSSR count). The first-order valence-corrected chi connectivity index (χ1v) is 6.24. The molecule has 0 amide bonds. The predicted molar refractivity (Wildman–Crippen MR) is 74.6 cm³/mol. The molecule has 20 heavy (non-hydrogen) atoms. The van der Waals surface area contributed by atoms with Crippen LogP contribution in [-0.2, 0) is 0 Å². The minimum atomic E-state index is -0.576. The molecule has 0 saturated carbocycles. The second kappa shape index (κ2) is 4.97. The molecule has 0 saturated heterocycles. The van der Waals surface area contributed by atoms with E-state index in [9.17, 15) is 8.78 Å². The Morgan fingerprint density at radius 1 is 0.900 bits per heavy atom. The Kier molecular flexibility index (Phi) is 3.15. The zero-order valence-corrected chi connectivity index (χ0v) is 11.0. The molecule has 0 bridgehead atoms. The van der Waals surface area contributed by atoms with Crippen molar-refractivity contribution < 1.29 is 8.78 Å². The van der Waals surface area contributed by atoms with Crippen LogP contribution in [0.4, 0.5) is 8.78 Å². The molecule has 2 aromatic heterocycles. The average molecular weight is 289 g/mol. The summed E-state index contributed by atoms with van der Waals surface area (Å²) in [5, 5.41) is 0. The molecule has 0 aliphatic rings. The van der Waals surface area contributed by atoms with Gasteiger partial charge in [-0.15, -0.1) is 0 Å². The third-order valence-electron chi connectivity index (χ3n) is 2.88. The fourth-order valence-corrected chi connectivity index (χ4v) is 2.19. The molecule has 2 N–H and O–H groups in total. The summed E-state index contributed by atoms with van der Waals surface area (Å²) in [6, 6.07) is 8.95. The van der Waals surface area contributed by atoms with E-state index in [1.165, 1.54) is 24.4 Å². The van der Waals surface area contributed by atoms with Crippen LogP contribution in [0.3, 0.4) is 0 Å². The predicted octanol–water partition coefficient (Wildman–Crippen LogP) is 4.08. The van der Waals surface area contributed by atoms with Gasteiger partial charge in [-0.1, -0.05) is 0 Å². The molecule has 0 fully saturated rings. The van der Waals surface area contributed by atoms with Gasteiger partial charge in [-0.3, -0.25) is 0 Å². The lowest BCUT2D eigenvalue weighted by molar-refractivity contribution is 0.584. The summed E-state index contributed by atoms with van der Waals surface area (Å²) in [5.41, 5.74) is 2.69. The number of aromatic nitrogens is 3. The van der Waals surface area contributed by atoms with Crippen LogP contribution < -0.4 is 0 Å². The number of hydrogen-bond acceptors (Lipinski definition) is 2. The third kappa shape index (κ3) is 2.37. The van der Waals surface area contributed by atoms with E-state index in [2.05, 4.69) is 15.0 Å². The van der Waals surface area contributed by atoms with Crippen LogP contribution in [-0.4, -0.2) is 15.0 Å². The van der Waals surface area contributed by atoms with Crippen LogP contribution >= 0.6 is 12.2 Å². The van der Waals surface area contributed by atoms with E-state index in [1.807, 2.05) is 0 Å². The Hall–Kier alpha value is -2.34. The molecular weight excluding hydrogens is 280 g/mol. The Labute approximate surface area is 118 Å². The van der Waals surface area contributed by atoms with Crippen molar-refractivity contribution >= 4 is 12.2 Å². The van der Waals surface area contributed by atoms with E-state index in [1.54, 1.807) is 18.2 Å². The van der Waals surface area contributed by atoms with Gasteiger partial charge in [-0.2, -0.15) is 4.39 Å². The van der Waals surface area contributed by atoms with E-state index in [0.717, 1.165) is 5.56 Å². The first-order chi connectivity index (χ1) is 9.63. The molecule has 0 radical (unpaired) electrons. The maximum absolute atomic E-state index is 13.2. The molecular formula is C14H9F2N3S. The molecule has 1 aromatic carbocycles. The van der Waals surface area contributed by atoms with Gasteiger partial charge < -0.3 is 9.97 Å². The number of rotatable bonds is 2. The average Bonchev–Trinajstić information content (AvgIpc) is 2.82. The number of halogens is 2. The number of imidazole rings is 1. The van der Waals surface area contributed by atoms with Gasteiger partial charge in [0.25, 0.3) is 0 Å². The van der Waals surface area contributed by atoms with Crippen molar-refractivity contribution in [1.29, 1.82) is 0 Å². The summed E-state index contributed by atoms with van der Waals surface area (Å²) in [5.74, 6) is -0.896. The van der Waals surface area contributed by atoms with Crippen LogP contribution in [0.2, 0.25) is 0 Å². The van der Waals surface area contributed by atoms with Crippen molar-refractivity contribution in [1.82, 2.24) is 15.0 Å². The largest absolute Gasteiger partial charge is 0.330 e. The Balaban J connectivity index is 2.18. The van der Waals surface area contributed by atoms with Crippen LogP contribution in [0.1, 0.15) is 0 Å². The Morgan fingerprint density at radius 3 is 2.20 bits per heavy atom. The van der Waals surface area contributed by atoms with Crippen LogP contribution in [0.25, 0.3) is 22.5 Å². The van der Waals surface area contributed by atoms with Gasteiger partial charge in [0, 0.05) is 23.4 Å². The van der Waals surface area contributed by atoms with Gasteiger partial charge in [0.15, 0.2) is 4.77 Å². The molecule has 3 aromatic rings. The summed E-state index contributed by atoms with van der Waals surface area (Å²) in [7, 11) is 0. The summed E-state index contributed by atoms with van der Waals surface area (Å²) in [4.78, 5) is 9.48. The van der Waals surface area contributed by atoms with E-state index in [-0.39, 0.29) is 5.82 Å². The number of pyridine rings is 1. The van der Waals surface area contributed by atoms with Gasteiger partial charge in [0.2, 0.25) is 5.95 Å². The lowest BCUT2D eigenvalue weighted by Gasteiger charge is -2.04. The molecule has 0 aliphatic carbocycles. The van der Waals surface area contributed by atoms with Gasteiger partial charge in [-0.25, -0.2) is 9.37 Å². The monoisotopic (exact) mass is 289 g/mol. The smallest absolute Gasteiger partial charge is 0.213 e. The van der Waals surface area contributed by atoms with Crippen molar-refractivity contribution in [2.24, 2.45) is 0 Å². The highest BCUT2D eigenvalue weighted by Crippen LogP contribution is 2.29.